The molecule has 3 N–H and O–H groups in total. The molecular formula is C19H21N3O5. The van der Waals surface area contributed by atoms with Gasteiger partial charge in [-0.05, 0) is 50.2 Å². The predicted octanol–water partition coefficient (Wildman–Crippen LogP) is 2.28. The summed E-state index contributed by atoms with van der Waals surface area (Å²) in [6.45, 7) is 4.60. The summed E-state index contributed by atoms with van der Waals surface area (Å²) >= 11 is 0. The number of nitrogens with one attached hydrogen (secondary N) is 2. The van der Waals surface area contributed by atoms with E-state index in [2.05, 4.69) is 15.8 Å². The lowest BCUT2D eigenvalue weighted by Crippen LogP contribution is -2.32. The molecule has 8 nitrogen and oxygen atoms in total. The van der Waals surface area contributed by atoms with Crippen LogP contribution < -0.4 is 20.2 Å². The summed E-state index contributed by atoms with van der Waals surface area (Å²) in [6.07, 6.45) is 1.22. The van der Waals surface area contributed by atoms with Gasteiger partial charge >= 0.3 is 11.8 Å². The molecule has 0 aliphatic rings. The molecule has 0 heterocycles. The Bertz CT molecular complexity index is 819. The summed E-state index contributed by atoms with van der Waals surface area (Å²) in [5, 5.41) is 16.2. The fourth-order valence-electron chi connectivity index (χ4n) is 2.12. The van der Waals surface area contributed by atoms with Crippen LogP contribution in [0.1, 0.15) is 19.4 Å². The second kappa shape index (κ2) is 9.81. The fraction of sp³-hybridized carbons (Fsp3) is 0.211. The normalized spacial score (nSPS) is 10.4. The molecule has 2 amide bonds. The van der Waals surface area contributed by atoms with Gasteiger partial charge in [0, 0.05) is 11.3 Å². The van der Waals surface area contributed by atoms with Crippen molar-refractivity contribution in [2.24, 2.45) is 5.10 Å². The van der Waals surface area contributed by atoms with Crippen molar-refractivity contribution in [2.45, 2.75) is 13.8 Å². The van der Waals surface area contributed by atoms with Crippen LogP contribution in [0, 0.1) is 0 Å². The molecule has 0 radical (unpaired) electrons. The number of benzene rings is 2. The van der Waals surface area contributed by atoms with Crippen molar-refractivity contribution in [2.75, 3.05) is 18.5 Å². The van der Waals surface area contributed by atoms with E-state index in [0.29, 0.717) is 36.0 Å². The van der Waals surface area contributed by atoms with E-state index >= 15 is 0 Å². The van der Waals surface area contributed by atoms with Gasteiger partial charge < -0.3 is 19.9 Å². The van der Waals surface area contributed by atoms with Crippen LogP contribution in [0.5, 0.6) is 17.2 Å². The Labute approximate surface area is 156 Å². The average molecular weight is 371 g/mol. The standard InChI is InChI=1S/C19H21N3O5/c1-3-26-15-10-8-14(9-11-15)21-18(24)19(25)22-20-12-13-6-5-7-16(17(13)23)27-4-2/h5-12,23H,3-4H2,1-2H3,(H,21,24)(H,22,25)/b20-12-. The lowest BCUT2D eigenvalue weighted by atomic mass is 10.2. The molecular weight excluding hydrogens is 350 g/mol. The smallest absolute Gasteiger partial charge is 0.329 e. The first-order valence-corrected chi connectivity index (χ1v) is 8.37. The van der Waals surface area contributed by atoms with Crippen molar-refractivity contribution < 1.29 is 24.2 Å². The highest BCUT2D eigenvalue weighted by Gasteiger charge is 2.13. The van der Waals surface area contributed by atoms with Crippen LogP contribution in [-0.2, 0) is 9.59 Å². The number of amides is 2. The van der Waals surface area contributed by atoms with Crippen LogP contribution >= 0.6 is 0 Å². The Morgan fingerprint density at radius 3 is 2.41 bits per heavy atom. The number of aromatic hydroxyl groups is 1. The van der Waals surface area contributed by atoms with Gasteiger partial charge in [-0.3, -0.25) is 9.59 Å². The van der Waals surface area contributed by atoms with Gasteiger partial charge in [0.25, 0.3) is 0 Å². The van der Waals surface area contributed by atoms with Gasteiger partial charge in [-0.1, -0.05) is 6.07 Å². The number of hydrazone groups is 1. The van der Waals surface area contributed by atoms with Crippen molar-refractivity contribution in [1.82, 2.24) is 5.43 Å². The molecule has 0 aliphatic heterocycles. The summed E-state index contributed by atoms with van der Waals surface area (Å²) in [5.74, 6) is -0.944. The predicted molar refractivity (Wildman–Crippen MR) is 101 cm³/mol. The van der Waals surface area contributed by atoms with E-state index in [0.717, 1.165) is 0 Å². The average Bonchev–Trinajstić information content (AvgIpc) is 2.66. The van der Waals surface area contributed by atoms with Gasteiger partial charge in [-0.25, -0.2) is 5.43 Å². The molecule has 2 aromatic rings. The van der Waals surface area contributed by atoms with Crippen LogP contribution in [0.3, 0.4) is 0 Å². The minimum absolute atomic E-state index is 0.101. The first-order chi connectivity index (χ1) is 13.0. The number of phenols is 1. The number of carbonyl (C=O) groups excluding carboxylic acids is 2. The topological polar surface area (TPSA) is 109 Å². The van der Waals surface area contributed by atoms with Crippen LogP contribution in [0.15, 0.2) is 47.6 Å². The molecule has 8 heteroatoms. The molecule has 2 aromatic carbocycles. The minimum atomic E-state index is -0.944. The number of ether oxygens (including phenoxy) is 2. The zero-order valence-corrected chi connectivity index (χ0v) is 15.1. The van der Waals surface area contributed by atoms with Gasteiger partial charge in [0.15, 0.2) is 11.5 Å². The van der Waals surface area contributed by atoms with Crippen LogP contribution in [0.25, 0.3) is 0 Å². The third-order valence-electron chi connectivity index (χ3n) is 3.33. The van der Waals surface area contributed by atoms with Crippen LogP contribution in [-0.4, -0.2) is 36.3 Å². The van der Waals surface area contributed by atoms with Crippen LogP contribution in [0.4, 0.5) is 5.69 Å². The Morgan fingerprint density at radius 1 is 1.04 bits per heavy atom. The maximum absolute atomic E-state index is 11.9. The number of nitrogens with zero attached hydrogens (tertiary/aromatic N) is 1. The summed E-state index contributed by atoms with van der Waals surface area (Å²) < 4.78 is 10.6. The van der Waals surface area contributed by atoms with E-state index in [9.17, 15) is 14.7 Å². The van der Waals surface area contributed by atoms with Gasteiger partial charge in [-0.2, -0.15) is 5.10 Å². The number of para-hydroxylation sites is 1. The second-order valence-electron chi connectivity index (χ2n) is 5.24. The summed E-state index contributed by atoms with van der Waals surface area (Å²) in [7, 11) is 0. The number of hydrogen-bond acceptors (Lipinski definition) is 6. The molecule has 142 valence electrons. The lowest BCUT2D eigenvalue weighted by Gasteiger charge is -2.07. The van der Waals surface area contributed by atoms with Crippen LogP contribution in [0.2, 0.25) is 0 Å². The van der Waals surface area contributed by atoms with Crippen molar-refractivity contribution in [3.8, 4) is 17.2 Å². The van der Waals surface area contributed by atoms with E-state index in [1.54, 1.807) is 49.4 Å². The zero-order valence-electron chi connectivity index (χ0n) is 15.1. The van der Waals surface area contributed by atoms with Crippen molar-refractivity contribution in [1.29, 1.82) is 0 Å². The molecule has 2 rings (SSSR count). The number of phenolic OH excluding ortho intramolecular Hbond substituents is 1. The molecule has 0 aromatic heterocycles. The van der Waals surface area contributed by atoms with E-state index in [1.165, 1.54) is 6.21 Å². The van der Waals surface area contributed by atoms with Crippen molar-refractivity contribution in [3.63, 3.8) is 0 Å². The first kappa shape index (κ1) is 19.8. The number of carbonyl (C=O) groups is 2. The maximum atomic E-state index is 11.9. The molecule has 27 heavy (non-hydrogen) atoms. The number of anilines is 1. The highest BCUT2D eigenvalue weighted by atomic mass is 16.5. The Balaban J connectivity index is 1.92. The summed E-state index contributed by atoms with van der Waals surface area (Å²) in [4.78, 5) is 23.7. The third-order valence-corrected chi connectivity index (χ3v) is 3.33. The second-order valence-corrected chi connectivity index (χ2v) is 5.24. The first-order valence-electron chi connectivity index (χ1n) is 8.37. The third kappa shape index (κ3) is 5.74. The monoisotopic (exact) mass is 371 g/mol. The molecule has 0 fully saturated rings. The van der Waals surface area contributed by atoms with E-state index < -0.39 is 11.8 Å². The van der Waals surface area contributed by atoms with Gasteiger partial charge in [0.2, 0.25) is 0 Å². The highest BCUT2D eigenvalue weighted by molar-refractivity contribution is 6.39. The maximum Gasteiger partial charge on any atom is 0.329 e. The van der Waals surface area contributed by atoms with Crippen molar-refractivity contribution >= 4 is 23.7 Å². The summed E-state index contributed by atoms with van der Waals surface area (Å²) in [5.41, 5.74) is 2.89. The Kier molecular flexibility index (Phi) is 7.18. The molecule has 0 spiro atoms. The molecule has 0 aliphatic carbocycles. The molecule has 0 unspecified atom stereocenters. The number of hydrogen-bond donors (Lipinski definition) is 3. The SMILES string of the molecule is CCOc1ccc(NC(=O)C(=O)N/N=C\c2cccc(OCC)c2O)cc1. The highest BCUT2D eigenvalue weighted by Crippen LogP contribution is 2.28. The molecule has 0 bridgehead atoms. The van der Waals surface area contributed by atoms with Crippen molar-refractivity contribution in [3.05, 3.63) is 48.0 Å². The summed E-state index contributed by atoms with van der Waals surface area (Å²) in [6, 6.07) is 11.5. The van der Waals surface area contributed by atoms with Gasteiger partial charge in [0.05, 0.1) is 19.4 Å². The minimum Gasteiger partial charge on any atom is -0.504 e. The Morgan fingerprint density at radius 2 is 1.74 bits per heavy atom. The largest absolute Gasteiger partial charge is 0.504 e. The molecule has 0 saturated carbocycles. The van der Waals surface area contributed by atoms with E-state index in [1.807, 2.05) is 6.92 Å². The molecule has 0 saturated heterocycles. The van der Waals surface area contributed by atoms with E-state index in [-0.39, 0.29) is 5.75 Å². The van der Waals surface area contributed by atoms with E-state index in [4.69, 9.17) is 9.47 Å². The van der Waals surface area contributed by atoms with Gasteiger partial charge in [0.1, 0.15) is 5.75 Å². The Hall–Kier alpha value is -3.55. The van der Waals surface area contributed by atoms with Gasteiger partial charge in [-0.15, -0.1) is 0 Å². The number of rotatable bonds is 7. The zero-order chi connectivity index (χ0) is 19.6. The molecule has 0 atom stereocenters. The lowest BCUT2D eigenvalue weighted by molar-refractivity contribution is -0.136. The fourth-order valence-corrected chi connectivity index (χ4v) is 2.12. The quantitative estimate of drug-likeness (QED) is 0.393.